The summed E-state index contributed by atoms with van der Waals surface area (Å²) in [5.41, 5.74) is 0.751. The lowest BCUT2D eigenvalue weighted by Crippen LogP contribution is -2.37. The number of amides is 1. The van der Waals surface area contributed by atoms with Gasteiger partial charge in [-0.2, -0.15) is 0 Å². The molecule has 1 fully saturated rings. The Bertz CT molecular complexity index is 651. The highest BCUT2D eigenvalue weighted by molar-refractivity contribution is 7.17. The molecule has 0 radical (unpaired) electrons. The van der Waals surface area contributed by atoms with Crippen LogP contribution in [-0.4, -0.2) is 30.0 Å². The Morgan fingerprint density at radius 1 is 1.43 bits per heavy atom. The Balaban J connectivity index is 0.00000132. The number of hydrogen-bond donors (Lipinski definition) is 2. The van der Waals surface area contributed by atoms with Gasteiger partial charge in [-0.3, -0.25) is 4.79 Å². The quantitative estimate of drug-likeness (QED) is 0.856. The van der Waals surface area contributed by atoms with Gasteiger partial charge >= 0.3 is 0 Å². The molecule has 0 aromatic carbocycles. The number of rotatable bonds is 4. The average molecular weight is 378 g/mol. The summed E-state index contributed by atoms with van der Waals surface area (Å²) in [4.78, 5) is 17.4. The zero-order chi connectivity index (χ0) is 14.8. The van der Waals surface area contributed by atoms with Gasteiger partial charge in [0.15, 0.2) is 10.8 Å². The molecule has 2 aromatic heterocycles. The van der Waals surface area contributed by atoms with Gasteiger partial charge in [0.05, 0.1) is 5.69 Å². The van der Waals surface area contributed by atoms with Crippen molar-refractivity contribution in [3.63, 3.8) is 0 Å². The van der Waals surface area contributed by atoms with Crippen molar-refractivity contribution in [3.8, 4) is 10.8 Å². The van der Waals surface area contributed by atoms with E-state index < -0.39 is 0 Å². The molecule has 0 spiro atoms. The Morgan fingerprint density at radius 3 is 2.83 bits per heavy atom. The molecular weight excluding hydrogens is 357 g/mol. The number of nitrogens with zero attached hydrogens (tertiary/aromatic N) is 1. The van der Waals surface area contributed by atoms with Crippen LogP contribution in [0.1, 0.15) is 34.0 Å². The van der Waals surface area contributed by atoms with Gasteiger partial charge < -0.3 is 15.1 Å². The van der Waals surface area contributed by atoms with E-state index in [0.717, 1.165) is 35.2 Å². The minimum atomic E-state index is -0.0479. The van der Waals surface area contributed by atoms with Crippen LogP contribution in [0.25, 0.3) is 10.8 Å². The highest BCUT2D eigenvalue weighted by Gasteiger charge is 2.20. The fraction of sp³-hybridized carbons (Fsp3) is 0.467. The van der Waals surface area contributed by atoms with Crippen LogP contribution in [0.3, 0.4) is 0 Å². The van der Waals surface area contributed by atoms with Crippen molar-refractivity contribution in [2.75, 3.05) is 13.1 Å². The first-order valence-electron chi connectivity index (χ1n) is 7.19. The molecule has 0 saturated carbocycles. The third kappa shape index (κ3) is 4.70. The minimum Gasteiger partial charge on any atom is -0.459 e. The smallest absolute Gasteiger partial charge is 0.263 e. The van der Waals surface area contributed by atoms with Crippen LogP contribution in [0.4, 0.5) is 0 Å². The van der Waals surface area contributed by atoms with E-state index in [1.54, 1.807) is 0 Å². The van der Waals surface area contributed by atoms with Gasteiger partial charge in [0.1, 0.15) is 10.6 Å². The fourth-order valence-electron chi connectivity index (χ4n) is 2.49. The molecule has 1 saturated heterocycles. The maximum absolute atomic E-state index is 12.3. The van der Waals surface area contributed by atoms with E-state index in [-0.39, 0.29) is 30.7 Å². The van der Waals surface area contributed by atoms with Crippen LogP contribution < -0.4 is 10.6 Å². The number of furan rings is 1. The van der Waals surface area contributed by atoms with Crippen molar-refractivity contribution in [2.45, 2.75) is 32.7 Å². The van der Waals surface area contributed by atoms with E-state index in [1.807, 2.05) is 26.0 Å². The van der Waals surface area contributed by atoms with Crippen molar-refractivity contribution in [3.05, 3.63) is 28.5 Å². The molecule has 1 unspecified atom stereocenters. The molecule has 2 aromatic rings. The molecule has 1 aliphatic rings. The monoisotopic (exact) mass is 377 g/mol. The van der Waals surface area contributed by atoms with Crippen LogP contribution in [0.2, 0.25) is 0 Å². The molecule has 128 valence electrons. The highest BCUT2D eigenvalue weighted by atomic mass is 35.5. The van der Waals surface area contributed by atoms with E-state index in [0.29, 0.717) is 17.5 Å². The lowest BCUT2D eigenvalue weighted by Gasteiger charge is -2.10. The largest absolute Gasteiger partial charge is 0.459 e. The van der Waals surface area contributed by atoms with Gasteiger partial charge in [-0.1, -0.05) is 0 Å². The van der Waals surface area contributed by atoms with E-state index in [4.69, 9.17) is 4.42 Å². The fourth-order valence-corrected chi connectivity index (χ4v) is 3.43. The van der Waals surface area contributed by atoms with Gasteiger partial charge in [-0.15, -0.1) is 36.2 Å². The SMILES string of the molecule is Cc1ccc(-c2nc(C)c(C(=O)NCC3CCCN3)s2)o1.Cl.Cl. The van der Waals surface area contributed by atoms with Crippen LogP contribution in [0.5, 0.6) is 0 Å². The second kappa shape index (κ2) is 8.68. The van der Waals surface area contributed by atoms with E-state index >= 15 is 0 Å². The van der Waals surface area contributed by atoms with Crippen molar-refractivity contribution in [1.82, 2.24) is 15.6 Å². The van der Waals surface area contributed by atoms with Crippen molar-refractivity contribution in [1.29, 1.82) is 0 Å². The molecule has 0 aliphatic carbocycles. The molecule has 3 heterocycles. The first-order chi connectivity index (χ1) is 10.1. The summed E-state index contributed by atoms with van der Waals surface area (Å²) in [6, 6.07) is 4.18. The number of carbonyl (C=O) groups is 1. The summed E-state index contributed by atoms with van der Waals surface area (Å²) in [5, 5.41) is 7.11. The first kappa shape index (κ1) is 20.0. The maximum atomic E-state index is 12.3. The predicted octanol–water partition coefficient (Wildman–Crippen LogP) is 3.35. The standard InChI is InChI=1S/C15H19N3O2S.2ClH/c1-9-5-6-12(20-9)15-18-10(2)13(21-15)14(19)17-8-11-4-3-7-16-11;;/h5-6,11,16H,3-4,7-8H2,1-2H3,(H,17,19);2*1H. The van der Waals surface area contributed by atoms with Crippen molar-refractivity contribution >= 4 is 42.1 Å². The Kier molecular flexibility index (Phi) is 7.54. The van der Waals surface area contributed by atoms with Gasteiger partial charge in [-0.05, 0) is 45.4 Å². The molecular formula is C15H21Cl2N3O2S. The van der Waals surface area contributed by atoms with Crippen molar-refractivity contribution in [2.24, 2.45) is 0 Å². The van der Waals surface area contributed by atoms with Crippen LogP contribution in [0.15, 0.2) is 16.5 Å². The number of thiazole rings is 1. The number of aryl methyl sites for hydroxylation is 2. The lowest BCUT2D eigenvalue weighted by molar-refractivity contribution is 0.0953. The summed E-state index contributed by atoms with van der Waals surface area (Å²) >= 11 is 1.38. The van der Waals surface area contributed by atoms with Crippen LogP contribution in [0, 0.1) is 13.8 Å². The Morgan fingerprint density at radius 2 is 2.22 bits per heavy atom. The molecule has 5 nitrogen and oxygen atoms in total. The topological polar surface area (TPSA) is 67.2 Å². The molecule has 3 rings (SSSR count). The average Bonchev–Trinajstić information content (AvgIpc) is 3.16. The van der Waals surface area contributed by atoms with Gasteiger partial charge in [0, 0.05) is 12.6 Å². The maximum Gasteiger partial charge on any atom is 0.263 e. The molecule has 2 N–H and O–H groups in total. The van der Waals surface area contributed by atoms with Crippen LogP contribution >= 0.6 is 36.2 Å². The summed E-state index contributed by atoms with van der Waals surface area (Å²) in [6.45, 7) is 5.47. The number of nitrogens with one attached hydrogen (secondary N) is 2. The second-order valence-corrected chi connectivity index (χ2v) is 6.35. The third-order valence-corrected chi connectivity index (χ3v) is 4.80. The summed E-state index contributed by atoms with van der Waals surface area (Å²) < 4.78 is 5.57. The van der Waals surface area contributed by atoms with E-state index in [9.17, 15) is 4.79 Å². The number of aromatic nitrogens is 1. The summed E-state index contributed by atoms with van der Waals surface area (Å²) in [6.07, 6.45) is 2.31. The lowest BCUT2D eigenvalue weighted by atomic mass is 10.2. The van der Waals surface area contributed by atoms with E-state index in [2.05, 4.69) is 15.6 Å². The normalized spacial score (nSPS) is 16.5. The van der Waals surface area contributed by atoms with Crippen LogP contribution in [-0.2, 0) is 0 Å². The Labute approximate surface area is 152 Å². The molecule has 1 aliphatic heterocycles. The van der Waals surface area contributed by atoms with E-state index in [1.165, 1.54) is 17.8 Å². The number of carbonyl (C=O) groups excluding carboxylic acids is 1. The minimum absolute atomic E-state index is 0. The van der Waals surface area contributed by atoms with Gasteiger partial charge in [-0.25, -0.2) is 4.98 Å². The second-order valence-electron chi connectivity index (χ2n) is 5.35. The first-order valence-corrected chi connectivity index (χ1v) is 8.01. The van der Waals surface area contributed by atoms with Crippen molar-refractivity contribution < 1.29 is 9.21 Å². The molecule has 1 amide bonds. The summed E-state index contributed by atoms with van der Waals surface area (Å²) in [5.74, 6) is 1.52. The Hall–Kier alpha value is -1.08. The number of hydrogen-bond acceptors (Lipinski definition) is 5. The third-order valence-electron chi connectivity index (χ3n) is 3.63. The zero-order valence-electron chi connectivity index (χ0n) is 13.0. The van der Waals surface area contributed by atoms with Gasteiger partial charge in [0.25, 0.3) is 5.91 Å². The van der Waals surface area contributed by atoms with Gasteiger partial charge in [0.2, 0.25) is 0 Å². The molecule has 8 heteroatoms. The highest BCUT2D eigenvalue weighted by Crippen LogP contribution is 2.29. The molecule has 1 atom stereocenters. The predicted molar refractivity (Wildman–Crippen MR) is 97.1 cm³/mol. The summed E-state index contributed by atoms with van der Waals surface area (Å²) in [7, 11) is 0. The number of halogens is 2. The zero-order valence-corrected chi connectivity index (χ0v) is 15.5. The molecule has 0 bridgehead atoms. The molecule has 23 heavy (non-hydrogen) atoms.